The van der Waals surface area contributed by atoms with Gasteiger partial charge in [0.25, 0.3) is 5.56 Å². The van der Waals surface area contributed by atoms with Crippen molar-refractivity contribution >= 4 is 11.2 Å². The summed E-state index contributed by atoms with van der Waals surface area (Å²) < 4.78 is 4.26. The molecule has 0 aliphatic heterocycles. The van der Waals surface area contributed by atoms with Crippen molar-refractivity contribution in [2.45, 2.75) is 38.8 Å². The second-order valence-electron chi connectivity index (χ2n) is 5.17. The Morgan fingerprint density at radius 3 is 2.65 bits per heavy atom. The third kappa shape index (κ3) is 2.53. The molecule has 0 amide bonds. The van der Waals surface area contributed by atoms with Crippen molar-refractivity contribution < 1.29 is 5.11 Å². The fourth-order valence-corrected chi connectivity index (χ4v) is 2.29. The molecule has 7 nitrogen and oxygen atoms in total. The second-order valence-corrected chi connectivity index (χ2v) is 5.17. The Bertz CT molecular complexity index is 724. The predicted octanol–water partition coefficient (Wildman–Crippen LogP) is -0.0152. The van der Waals surface area contributed by atoms with Crippen molar-refractivity contribution in [1.29, 1.82) is 0 Å². The summed E-state index contributed by atoms with van der Waals surface area (Å²) in [4.78, 5) is 28.4. The van der Waals surface area contributed by atoms with Crippen LogP contribution < -0.4 is 11.2 Å². The largest absolute Gasteiger partial charge is 0.393 e. The second kappa shape index (κ2) is 5.62. The van der Waals surface area contributed by atoms with E-state index in [-0.39, 0.29) is 17.4 Å². The Kier molecular flexibility index (Phi) is 4.08. The van der Waals surface area contributed by atoms with Crippen LogP contribution in [0.1, 0.15) is 26.2 Å². The third-order valence-corrected chi connectivity index (χ3v) is 3.45. The number of nitrogens with zero attached hydrogens (tertiary/aromatic N) is 4. The standard InChI is InChI=1S/C13H20N4O3/c1-9(18)6-4-5-7-17-11-10(15(2)8-14-11)12(19)16(3)13(17)20/h8-9,18H,4-7H2,1-3H3/t9-/m1/s1. The molecule has 0 aliphatic carbocycles. The zero-order chi connectivity index (χ0) is 14.9. The van der Waals surface area contributed by atoms with Gasteiger partial charge in [0.2, 0.25) is 0 Å². The number of aliphatic hydroxyl groups excluding tert-OH is 1. The van der Waals surface area contributed by atoms with Gasteiger partial charge in [-0.1, -0.05) is 0 Å². The van der Waals surface area contributed by atoms with E-state index in [2.05, 4.69) is 4.98 Å². The lowest BCUT2D eigenvalue weighted by molar-refractivity contribution is 0.180. The number of fused-ring (bicyclic) bond motifs is 1. The van der Waals surface area contributed by atoms with Crippen LogP contribution in [0.5, 0.6) is 0 Å². The SMILES string of the molecule is C[C@@H](O)CCCCn1c(=O)n(C)c(=O)c2c1ncn2C. The van der Waals surface area contributed by atoms with Gasteiger partial charge in [-0.05, 0) is 26.2 Å². The molecule has 0 aliphatic rings. The molecule has 2 heterocycles. The van der Waals surface area contributed by atoms with Crippen LogP contribution in [0.25, 0.3) is 11.2 Å². The van der Waals surface area contributed by atoms with Gasteiger partial charge in [0.1, 0.15) is 0 Å². The van der Waals surface area contributed by atoms with E-state index in [1.165, 1.54) is 17.9 Å². The number of unbranched alkanes of at least 4 members (excludes halogenated alkanes) is 1. The van der Waals surface area contributed by atoms with Crippen molar-refractivity contribution in [3.63, 3.8) is 0 Å². The van der Waals surface area contributed by atoms with Crippen LogP contribution in [0.3, 0.4) is 0 Å². The first-order valence-electron chi connectivity index (χ1n) is 6.72. The Hall–Kier alpha value is -1.89. The molecular formula is C13H20N4O3. The predicted molar refractivity (Wildman–Crippen MR) is 75.7 cm³/mol. The summed E-state index contributed by atoms with van der Waals surface area (Å²) in [7, 11) is 3.21. The zero-order valence-corrected chi connectivity index (χ0v) is 12.0. The summed E-state index contributed by atoms with van der Waals surface area (Å²) in [5.41, 5.74) is 0.184. The minimum Gasteiger partial charge on any atom is -0.393 e. The maximum Gasteiger partial charge on any atom is 0.332 e. The van der Waals surface area contributed by atoms with E-state index in [9.17, 15) is 14.7 Å². The maximum atomic E-state index is 12.2. The highest BCUT2D eigenvalue weighted by molar-refractivity contribution is 5.69. The number of rotatable bonds is 5. The van der Waals surface area contributed by atoms with Gasteiger partial charge in [0.05, 0.1) is 12.4 Å². The highest BCUT2D eigenvalue weighted by Crippen LogP contribution is 2.07. The summed E-state index contributed by atoms with van der Waals surface area (Å²) in [5, 5.41) is 9.23. The first-order chi connectivity index (χ1) is 9.43. The molecule has 0 saturated carbocycles. The summed E-state index contributed by atoms with van der Waals surface area (Å²) >= 11 is 0. The van der Waals surface area contributed by atoms with Crippen molar-refractivity contribution in [2.24, 2.45) is 14.1 Å². The number of aromatic nitrogens is 4. The van der Waals surface area contributed by atoms with E-state index in [0.29, 0.717) is 24.1 Å². The molecule has 0 bridgehead atoms. The lowest BCUT2D eigenvalue weighted by Crippen LogP contribution is -2.38. The molecule has 110 valence electrons. The summed E-state index contributed by atoms with van der Waals surface area (Å²) in [6.07, 6.45) is 3.49. The van der Waals surface area contributed by atoms with Crippen LogP contribution in [0.4, 0.5) is 0 Å². The lowest BCUT2D eigenvalue weighted by Gasteiger charge is -2.09. The molecule has 0 aromatic carbocycles. The van der Waals surface area contributed by atoms with Crippen LogP contribution in [0.15, 0.2) is 15.9 Å². The molecular weight excluding hydrogens is 260 g/mol. The molecule has 0 radical (unpaired) electrons. The van der Waals surface area contributed by atoms with Crippen LogP contribution in [0.2, 0.25) is 0 Å². The average Bonchev–Trinajstić information content (AvgIpc) is 2.77. The van der Waals surface area contributed by atoms with Gasteiger partial charge < -0.3 is 9.67 Å². The number of hydrogen-bond acceptors (Lipinski definition) is 4. The molecule has 1 atom stereocenters. The van der Waals surface area contributed by atoms with E-state index < -0.39 is 0 Å². The number of hydrogen-bond donors (Lipinski definition) is 1. The average molecular weight is 280 g/mol. The molecule has 0 spiro atoms. The zero-order valence-electron chi connectivity index (χ0n) is 12.0. The monoisotopic (exact) mass is 280 g/mol. The fraction of sp³-hybridized carbons (Fsp3) is 0.615. The Labute approximate surface area is 116 Å². The van der Waals surface area contributed by atoms with Gasteiger partial charge in [-0.15, -0.1) is 0 Å². The molecule has 2 rings (SSSR count). The van der Waals surface area contributed by atoms with Crippen molar-refractivity contribution in [3.05, 3.63) is 27.2 Å². The normalized spacial score (nSPS) is 13.0. The lowest BCUT2D eigenvalue weighted by atomic mass is 10.2. The first kappa shape index (κ1) is 14.5. The molecule has 20 heavy (non-hydrogen) atoms. The van der Waals surface area contributed by atoms with Gasteiger partial charge in [0.15, 0.2) is 11.2 Å². The summed E-state index contributed by atoms with van der Waals surface area (Å²) in [5.74, 6) is 0. The molecule has 2 aromatic heterocycles. The van der Waals surface area contributed by atoms with Crippen molar-refractivity contribution in [3.8, 4) is 0 Å². The highest BCUT2D eigenvalue weighted by atomic mass is 16.3. The molecule has 0 unspecified atom stereocenters. The van der Waals surface area contributed by atoms with Gasteiger partial charge in [-0.25, -0.2) is 9.78 Å². The number of aryl methyl sites for hydroxylation is 2. The molecule has 1 N–H and O–H groups in total. The number of aliphatic hydroxyl groups is 1. The van der Waals surface area contributed by atoms with Crippen molar-refractivity contribution in [1.82, 2.24) is 18.7 Å². The van der Waals surface area contributed by atoms with E-state index >= 15 is 0 Å². The minimum atomic E-state index is -0.349. The Morgan fingerprint density at radius 2 is 2.00 bits per heavy atom. The fourth-order valence-electron chi connectivity index (χ4n) is 2.29. The quantitative estimate of drug-likeness (QED) is 0.781. The molecule has 2 aromatic rings. The molecule has 0 saturated heterocycles. The Morgan fingerprint density at radius 1 is 1.30 bits per heavy atom. The third-order valence-electron chi connectivity index (χ3n) is 3.45. The van der Waals surface area contributed by atoms with Crippen LogP contribution in [0, 0.1) is 0 Å². The maximum absolute atomic E-state index is 12.2. The van der Waals surface area contributed by atoms with E-state index in [1.807, 2.05) is 0 Å². The highest BCUT2D eigenvalue weighted by Gasteiger charge is 2.14. The topological polar surface area (TPSA) is 82.1 Å². The smallest absolute Gasteiger partial charge is 0.332 e. The van der Waals surface area contributed by atoms with Crippen LogP contribution >= 0.6 is 0 Å². The van der Waals surface area contributed by atoms with Gasteiger partial charge in [0, 0.05) is 20.6 Å². The van der Waals surface area contributed by atoms with Crippen LogP contribution in [-0.2, 0) is 20.6 Å². The van der Waals surface area contributed by atoms with Crippen LogP contribution in [-0.4, -0.2) is 29.9 Å². The summed E-state index contributed by atoms with van der Waals surface area (Å²) in [6, 6.07) is 0. The van der Waals surface area contributed by atoms with E-state index in [0.717, 1.165) is 17.4 Å². The summed E-state index contributed by atoms with van der Waals surface area (Å²) in [6.45, 7) is 2.24. The van der Waals surface area contributed by atoms with Gasteiger partial charge >= 0.3 is 5.69 Å². The van der Waals surface area contributed by atoms with E-state index in [4.69, 9.17) is 0 Å². The minimum absolute atomic E-state index is 0.328. The molecule has 0 fully saturated rings. The van der Waals surface area contributed by atoms with Gasteiger partial charge in [-0.3, -0.25) is 13.9 Å². The number of imidazole rings is 1. The first-order valence-corrected chi connectivity index (χ1v) is 6.72. The van der Waals surface area contributed by atoms with Crippen molar-refractivity contribution in [2.75, 3.05) is 0 Å². The van der Waals surface area contributed by atoms with Gasteiger partial charge in [-0.2, -0.15) is 0 Å². The van der Waals surface area contributed by atoms with E-state index in [1.54, 1.807) is 18.5 Å². The Balaban J connectivity index is 2.38. The molecule has 7 heteroatoms.